The standard InChI is InChI=1S/C22H21N5O6S2/c1-13-12-20(24-15(3)23-13)26-34(30,31)17-10-8-16(9-11-17)25-21(28)14(2)27-22(29)18-6-4-5-7-19(18)35(27,32)33/h4-12,14H,1-3H3,(H,25,28)(H,23,24,26). The van der Waals surface area contributed by atoms with Crippen molar-refractivity contribution in [3.05, 3.63) is 71.7 Å². The number of hydrogen-bond donors (Lipinski definition) is 2. The van der Waals surface area contributed by atoms with E-state index in [1.54, 1.807) is 13.8 Å². The molecular formula is C22H21N5O6S2. The predicted molar refractivity (Wildman–Crippen MR) is 127 cm³/mol. The van der Waals surface area contributed by atoms with Gasteiger partial charge in [-0.1, -0.05) is 12.1 Å². The molecule has 0 saturated carbocycles. The summed E-state index contributed by atoms with van der Waals surface area (Å²) >= 11 is 0. The van der Waals surface area contributed by atoms with E-state index in [1.165, 1.54) is 61.5 Å². The molecule has 1 unspecified atom stereocenters. The molecule has 0 fully saturated rings. The number of sulfonamides is 2. The number of aryl methyl sites for hydroxylation is 2. The second-order valence-corrected chi connectivity index (χ2v) is 11.3. The van der Waals surface area contributed by atoms with Gasteiger partial charge < -0.3 is 5.32 Å². The summed E-state index contributed by atoms with van der Waals surface area (Å²) in [6.45, 7) is 4.65. The number of aromatic nitrogens is 2. The molecule has 1 atom stereocenters. The summed E-state index contributed by atoms with van der Waals surface area (Å²) in [7, 11) is -8.13. The molecule has 1 aromatic heterocycles. The molecule has 2 amide bonds. The third-order valence-corrected chi connectivity index (χ3v) is 8.51. The van der Waals surface area contributed by atoms with Crippen molar-refractivity contribution < 1.29 is 26.4 Å². The zero-order valence-electron chi connectivity index (χ0n) is 18.9. The molecule has 13 heteroatoms. The highest BCUT2D eigenvalue weighted by atomic mass is 32.2. The lowest BCUT2D eigenvalue weighted by atomic mass is 10.2. The molecule has 2 aromatic carbocycles. The second-order valence-electron chi connectivity index (χ2n) is 7.84. The van der Waals surface area contributed by atoms with Gasteiger partial charge in [-0.05, 0) is 57.2 Å². The minimum atomic E-state index is -4.17. The minimum absolute atomic E-state index is 0.00304. The van der Waals surface area contributed by atoms with Crippen molar-refractivity contribution in [1.29, 1.82) is 0 Å². The maximum Gasteiger partial charge on any atom is 0.269 e. The molecule has 1 aliphatic rings. The van der Waals surface area contributed by atoms with E-state index >= 15 is 0 Å². The van der Waals surface area contributed by atoms with Crippen LogP contribution in [0.25, 0.3) is 0 Å². The van der Waals surface area contributed by atoms with Crippen molar-refractivity contribution in [2.75, 3.05) is 10.0 Å². The lowest BCUT2D eigenvalue weighted by molar-refractivity contribution is -0.118. The fraction of sp³-hybridized carbons (Fsp3) is 0.182. The zero-order chi connectivity index (χ0) is 25.5. The minimum Gasteiger partial charge on any atom is -0.324 e. The number of nitrogens with one attached hydrogen (secondary N) is 2. The van der Waals surface area contributed by atoms with Crippen LogP contribution in [-0.2, 0) is 24.8 Å². The normalized spacial score (nSPS) is 15.4. The lowest BCUT2D eigenvalue weighted by Gasteiger charge is -2.22. The molecule has 0 aliphatic carbocycles. The topological polar surface area (TPSA) is 156 Å². The molecule has 0 bridgehead atoms. The van der Waals surface area contributed by atoms with Crippen molar-refractivity contribution in [2.45, 2.75) is 36.6 Å². The number of hydrogen-bond acceptors (Lipinski definition) is 8. The average Bonchev–Trinajstić information content (AvgIpc) is 2.98. The molecule has 2 heterocycles. The van der Waals surface area contributed by atoms with Crippen molar-refractivity contribution in [3.63, 3.8) is 0 Å². The Morgan fingerprint density at radius 3 is 2.31 bits per heavy atom. The van der Waals surface area contributed by atoms with Crippen molar-refractivity contribution >= 4 is 43.4 Å². The fourth-order valence-electron chi connectivity index (χ4n) is 3.62. The number of anilines is 2. The molecule has 3 aromatic rings. The van der Waals surface area contributed by atoms with Crippen LogP contribution in [0.4, 0.5) is 11.5 Å². The van der Waals surface area contributed by atoms with Gasteiger partial charge in [-0.25, -0.2) is 31.1 Å². The molecule has 0 radical (unpaired) electrons. The molecule has 2 N–H and O–H groups in total. The number of amides is 2. The Bertz CT molecular complexity index is 1530. The molecular weight excluding hydrogens is 494 g/mol. The van der Waals surface area contributed by atoms with E-state index in [1.807, 2.05) is 0 Å². The molecule has 35 heavy (non-hydrogen) atoms. The third-order valence-electron chi connectivity index (χ3n) is 5.22. The van der Waals surface area contributed by atoms with Gasteiger partial charge in [0.1, 0.15) is 22.6 Å². The summed E-state index contributed by atoms with van der Waals surface area (Å²) in [5, 5.41) is 2.51. The summed E-state index contributed by atoms with van der Waals surface area (Å²) in [5.74, 6) is -1.00. The summed E-state index contributed by atoms with van der Waals surface area (Å²) in [5.41, 5.74) is 0.823. The van der Waals surface area contributed by atoms with Gasteiger partial charge in [0.05, 0.1) is 10.5 Å². The zero-order valence-corrected chi connectivity index (χ0v) is 20.5. The number of fused-ring (bicyclic) bond motifs is 1. The predicted octanol–water partition coefficient (Wildman–Crippen LogP) is 2.07. The summed E-state index contributed by atoms with van der Waals surface area (Å²) < 4.78 is 53.9. The van der Waals surface area contributed by atoms with Crippen molar-refractivity contribution in [1.82, 2.24) is 14.3 Å². The largest absolute Gasteiger partial charge is 0.324 e. The number of carbonyl (C=O) groups excluding carboxylic acids is 2. The number of rotatable bonds is 6. The summed E-state index contributed by atoms with van der Waals surface area (Å²) in [6, 6.07) is 11.1. The van der Waals surface area contributed by atoms with Crippen LogP contribution < -0.4 is 10.0 Å². The van der Waals surface area contributed by atoms with E-state index in [0.717, 1.165) is 0 Å². The molecule has 0 saturated heterocycles. The monoisotopic (exact) mass is 515 g/mol. The van der Waals surface area contributed by atoms with Gasteiger partial charge in [0, 0.05) is 17.4 Å². The highest BCUT2D eigenvalue weighted by Gasteiger charge is 2.45. The summed E-state index contributed by atoms with van der Waals surface area (Å²) in [6.07, 6.45) is 0. The maximum atomic E-state index is 12.8. The Morgan fingerprint density at radius 1 is 1.03 bits per heavy atom. The smallest absolute Gasteiger partial charge is 0.269 e. The molecule has 1 aliphatic heterocycles. The fourth-order valence-corrected chi connectivity index (χ4v) is 6.34. The van der Waals surface area contributed by atoms with E-state index in [9.17, 15) is 26.4 Å². The molecule has 182 valence electrons. The van der Waals surface area contributed by atoms with Gasteiger partial charge in [-0.15, -0.1) is 0 Å². The molecule has 0 spiro atoms. The average molecular weight is 516 g/mol. The van der Waals surface area contributed by atoms with Gasteiger partial charge in [-0.2, -0.15) is 0 Å². The maximum absolute atomic E-state index is 12.8. The highest BCUT2D eigenvalue weighted by Crippen LogP contribution is 2.32. The van der Waals surface area contributed by atoms with Crippen molar-refractivity contribution in [2.24, 2.45) is 0 Å². The second kappa shape index (κ2) is 8.74. The van der Waals surface area contributed by atoms with Gasteiger partial charge in [0.2, 0.25) is 5.91 Å². The first-order valence-corrected chi connectivity index (χ1v) is 13.3. The number of benzene rings is 2. The lowest BCUT2D eigenvalue weighted by Crippen LogP contribution is -2.45. The third kappa shape index (κ3) is 4.59. The highest BCUT2D eigenvalue weighted by molar-refractivity contribution is 7.92. The van der Waals surface area contributed by atoms with Crippen LogP contribution in [0.3, 0.4) is 0 Å². The van der Waals surface area contributed by atoms with Crippen molar-refractivity contribution in [3.8, 4) is 0 Å². The van der Waals surface area contributed by atoms with Crippen LogP contribution in [0.2, 0.25) is 0 Å². The van der Waals surface area contributed by atoms with Gasteiger partial charge in [0.25, 0.3) is 26.0 Å². The van der Waals surface area contributed by atoms with Crippen LogP contribution in [-0.4, -0.2) is 49.0 Å². The van der Waals surface area contributed by atoms with Crippen LogP contribution in [0.1, 0.15) is 28.8 Å². The van der Waals surface area contributed by atoms with Gasteiger partial charge in [0.15, 0.2) is 0 Å². The number of carbonyl (C=O) groups is 2. The Balaban J connectivity index is 1.49. The van der Waals surface area contributed by atoms with Crippen LogP contribution in [0.15, 0.2) is 64.4 Å². The van der Waals surface area contributed by atoms with Crippen LogP contribution in [0, 0.1) is 13.8 Å². The first kappa shape index (κ1) is 24.3. The van der Waals surface area contributed by atoms with Gasteiger partial charge in [-0.3, -0.25) is 14.3 Å². The van der Waals surface area contributed by atoms with E-state index in [2.05, 4.69) is 20.0 Å². The summed E-state index contributed by atoms with van der Waals surface area (Å²) in [4.78, 5) is 33.3. The Labute approximate surface area is 202 Å². The van der Waals surface area contributed by atoms with E-state index < -0.39 is 37.9 Å². The van der Waals surface area contributed by atoms with E-state index in [0.29, 0.717) is 15.8 Å². The Hall–Kier alpha value is -3.84. The molecule has 11 nitrogen and oxygen atoms in total. The van der Waals surface area contributed by atoms with E-state index in [-0.39, 0.29) is 26.9 Å². The Kier molecular flexibility index (Phi) is 6.07. The van der Waals surface area contributed by atoms with Gasteiger partial charge >= 0.3 is 0 Å². The van der Waals surface area contributed by atoms with E-state index in [4.69, 9.17) is 0 Å². The number of nitrogens with zero attached hydrogens (tertiary/aromatic N) is 3. The first-order valence-electron chi connectivity index (χ1n) is 10.3. The Morgan fingerprint density at radius 2 is 1.69 bits per heavy atom. The SMILES string of the molecule is Cc1cc(NS(=O)(=O)c2ccc(NC(=O)C(C)N3C(=O)c4ccccc4S3(=O)=O)cc2)nc(C)n1. The van der Waals surface area contributed by atoms with Crippen LogP contribution in [0.5, 0.6) is 0 Å². The first-order chi connectivity index (χ1) is 16.4. The molecule has 4 rings (SSSR count). The quantitative estimate of drug-likeness (QED) is 0.505. The van der Waals surface area contributed by atoms with Crippen LogP contribution >= 0.6 is 0 Å².